The molecule has 1 aliphatic heterocycles. The Labute approximate surface area is 172 Å². The molecule has 1 aromatic carbocycles. The van der Waals surface area contributed by atoms with E-state index in [-0.39, 0.29) is 12.5 Å². The van der Waals surface area contributed by atoms with Crippen molar-refractivity contribution >= 4 is 52.5 Å². The van der Waals surface area contributed by atoms with E-state index in [2.05, 4.69) is 5.32 Å². The highest BCUT2D eigenvalue weighted by Crippen LogP contribution is 2.28. The summed E-state index contributed by atoms with van der Waals surface area (Å²) in [7, 11) is 0. The lowest BCUT2D eigenvalue weighted by molar-refractivity contribution is -0.122. The Morgan fingerprint density at radius 3 is 2.78 bits per heavy atom. The smallest absolute Gasteiger partial charge is 0.276 e. The van der Waals surface area contributed by atoms with Crippen LogP contribution < -0.4 is 10.1 Å². The maximum atomic E-state index is 12.5. The predicted octanol–water partition coefficient (Wildman–Crippen LogP) is 4.88. The molecule has 142 valence electrons. The van der Waals surface area contributed by atoms with E-state index >= 15 is 0 Å². The van der Waals surface area contributed by atoms with Crippen LogP contribution in [-0.4, -0.2) is 22.5 Å². The molecular formula is C19H18Cl2N2O3S. The number of carbonyl (C=O) groups is 1. The van der Waals surface area contributed by atoms with Gasteiger partial charge in [0.1, 0.15) is 29.6 Å². The Hall–Kier alpha value is -2.02. The first kappa shape index (κ1) is 19.7. The minimum Gasteiger partial charge on any atom is -0.484 e. The fraction of sp³-hybridized carbons (Fsp3) is 0.263. The lowest BCUT2D eigenvalue weighted by Gasteiger charge is -2.15. The predicted molar refractivity (Wildman–Crippen MR) is 110 cm³/mol. The molecule has 1 N–H and O–H groups in total. The van der Waals surface area contributed by atoms with Crippen LogP contribution in [0.4, 0.5) is 0 Å². The number of rotatable bonds is 6. The number of amides is 1. The molecule has 1 aliphatic rings. The van der Waals surface area contributed by atoms with Gasteiger partial charge < -0.3 is 14.5 Å². The molecule has 0 aliphatic carbocycles. The minimum absolute atomic E-state index is 0.157. The number of ether oxygens (including phenoxy) is 1. The second-order valence-corrected chi connectivity index (χ2v) is 7.70. The number of hydrogen-bond acceptors (Lipinski definition) is 4. The Bertz CT molecular complexity index is 908. The van der Waals surface area contributed by atoms with Crippen LogP contribution in [0.3, 0.4) is 0 Å². The van der Waals surface area contributed by atoms with Crippen LogP contribution in [0.25, 0.3) is 6.08 Å². The van der Waals surface area contributed by atoms with E-state index in [0.717, 1.165) is 0 Å². The highest BCUT2D eigenvalue weighted by molar-refractivity contribution is 7.80. The van der Waals surface area contributed by atoms with Crippen molar-refractivity contribution in [1.82, 2.24) is 10.2 Å². The molecule has 0 bridgehead atoms. The van der Waals surface area contributed by atoms with Gasteiger partial charge in [0.25, 0.3) is 5.91 Å². The van der Waals surface area contributed by atoms with Gasteiger partial charge in [0.05, 0.1) is 5.02 Å². The quantitative estimate of drug-likeness (QED) is 0.528. The number of thiocarbonyl (C=S) groups is 1. The average molecular weight is 425 g/mol. The summed E-state index contributed by atoms with van der Waals surface area (Å²) in [4.78, 5) is 14.0. The third kappa shape index (κ3) is 4.83. The van der Waals surface area contributed by atoms with Gasteiger partial charge in [-0.2, -0.15) is 0 Å². The van der Waals surface area contributed by atoms with Gasteiger partial charge in [-0.25, -0.2) is 0 Å². The van der Waals surface area contributed by atoms with Crippen LogP contribution in [0.1, 0.15) is 25.4 Å². The van der Waals surface area contributed by atoms with Crippen LogP contribution in [0.2, 0.25) is 10.0 Å². The fourth-order valence-corrected chi connectivity index (χ4v) is 3.27. The molecule has 0 spiro atoms. The fourth-order valence-electron chi connectivity index (χ4n) is 2.54. The number of furan rings is 1. The molecule has 1 saturated heterocycles. The van der Waals surface area contributed by atoms with Crippen molar-refractivity contribution in [3.8, 4) is 5.75 Å². The molecule has 1 fully saturated rings. The maximum absolute atomic E-state index is 12.5. The highest BCUT2D eigenvalue weighted by Gasteiger charge is 2.31. The Morgan fingerprint density at radius 2 is 2.07 bits per heavy atom. The third-order valence-electron chi connectivity index (χ3n) is 3.74. The summed E-state index contributed by atoms with van der Waals surface area (Å²) in [5, 5.41) is 4.31. The zero-order chi connectivity index (χ0) is 19.6. The topological polar surface area (TPSA) is 54.7 Å². The van der Waals surface area contributed by atoms with Crippen molar-refractivity contribution in [1.29, 1.82) is 0 Å². The molecule has 2 heterocycles. The summed E-state index contributed by atoms with van der Waals surface area (Å²) in [6.07, 6.45) is 1.63. The largest absolute Gasteiger partial charge is 0.484 e. The van der Waals surface area contributed by atoms with Crippen LogP contribution in [0.5, 0.6) is 5.75 Å². The molecule has 27 heavy (non-hydrogen) atoms. The van der Waals surface area contributed by atoms with E-state index in [4.69, 9.17) is 44.6 Å². The van der Waals surface area contributed by atoms with Crippen molar-refractivity contribution in [2.75, 3.05) is 6.54 Å². The molecule has 0 unspecified atom stereocenters. The zero-order valence-corrected chi connectivity index (χ0v) is 17.1. The van der Waals surface area contributed by atoms with E-state index in [0.29, 0.717) is 50.6 Å². The number of nitrogens with zero attached hydrogens (tertiary/aromatic N) is 1. The lowest BCUT2D eigenvalue weighted by Crippen LogP contribution is -2.33. The second-order valence-electron chi connectivity index (χ2n) is 6.47. The molecule has 0 saturated carbocycles. The zero-order valence-electron chi connectivity index (χ0n) is 14.8. The van der Waals surface area contributed by atoms with Crippen molar-refractivity contribution in [3.63, 3.8) is 0 Å². The van der Waals surface area contributed by atoms with Gasteiger partial charge in [-0.15, -0.1) is 0 Å². The summed E-state index contributed by atoms with van der Waals surface area (Å²) < 4.78 is 11.3. The van der Waals surface area contributed by atoms with Crippen LogP contribution in [0.15, 0.2) is 40.4 Å². The van der Waals surface area contributed by atoms with Gasteiger partial charge in [-0.05, 0) is 48.5 Å². The van der Waals surface area contributed by atoms with Crippen LogP contribution in [-0.2, 0) is 11.4 Å². The SMILES string of the molecule is CC(C)CN1C(=O)/C(=C\c2ccc(COc3ccc(Cl)cc3Cl)o2)NC1=S. The summed E-state index contributed by atoms with van der Waals surface area (Å²) in [5.41, 5.74) is 0.392. The molecular weight excluding hydrogens is 407 g/mol. The lowest BCUT2D eigenvalue weighted by atomic mass is 10.2. The Morgan fingerprint density at radius 1 is 1.30 bits per heavy atom. The molecule has 0 radical (unpaired) electrons. The van der Waals surface area contributed by atoms with Crippen molar-refractivity contribution in [2.24, 2.45) is 5.92 Å². The first-order valence-electron chi connectivity index (χ1n) is 8.34. The number of halogens is 2. The Balaban J connectivity index is 1.66. The molecule has 1 aromatic heterocycles. The van der Waals surface area contributed by atoms with Gasteiger partial charge in [-0.1, -0.05) is 37.0 Å². The molecule has 1 amide bonds. The minimum atomic E-state index is -0.157. The summed E-state index contributed by atoms with van der Waals surface area (Å²) in [5.74, 6) is 1.80. The summed E-state index contributed by atoms with van der Waals surface area (Å²) >= 11 is 17.2. The number of benzene rings is 1. The van der Waals surface area contributed by atoms with Gasteiger partial charge in [-0.3, -0.25) is 9.69 Å². The molecule has 3 rings (SSSR count). The van der Waals surface area contributed by atoms with E-state index in [1.807, 2.05) is 13.8 Å². The molecule has 8 heteroatoms. The second kappa shape index (κ2) is 8.33. The average Bonchev–Trinajstić information content (AvgIpc) is 3.14. The monoisotopic (exact) mass is 424 g/mol. The standard InChI is InChI=1S/C19H18Cl2N2O3S/c1-11(2)9-23-18(24)16(22-19(23)27)8-13-4-5-14(26-13)10-25-17-6-3-12(20)7-15(17)21/h3-8,11H,9-10H2,1-2H3,(H,22,27)/b16-8+. The molecule has 0 atom stereocenters. The van der Waals surface area contributed by atoms with E-state index in [1.165, 1.54) is 0 Å². The van der Waals surface area contributed by atoms with Gasteiger partial charge in [0, 0.05) is 17.6 Å². The first-order chi connectivity index (χ1) is 12.8. The molecule has 2 aromatic rings. The number of carbonyl (C=O) groups excluding carboxylic acids is 1. The normalized spacial score (nSPS) is 15.7. The van der Waals surface area contributed by atoms with Crippen molar-refractivity contribution < 1.29 is 13.9 Å². The molecule has 5 nitrogen and oxygen atoms in total. The van der Waals surface area contributed by atoms with Gasteiger partial charge in [0.15, 0.2) is 5.11 Å². The number of nitrogens with one attached hydrogen (secondary N) is 1. The third-order valence-corrected chi connectivity index (χ3v) is 4.60. The van der Waals surface area contributed by atoms with Crippen LogP contribution in [0, 0.1) is 5.92 Å². The van der Waals surface area contributed by atoms with Crippen molar-refractivity contribution in [3.05, 3.63) is 57.6 Å². The van der Waals surface area contributed by atoms with Crippen molar-refractivity contribution in [2.45, 2.75) is 20.5 Å². The van der Waals surface area contributed by atoms with Gasteiger partial charge in [0.2, 0.25) is 0 Å². The van der Waals surface area contributed by atoms with E-state index < -0.39 is 0 Å². The van der Waals surface area contributed by atoms with E-state index in [9.17, 15) is 4.79 Å². The maximum Gasteiger partial charge on any atom is 0.276 e. The first-order valence-corrected chi connectivity index (χ1v) is 9.51. The van der Waals surface area contributed by atoms with Gasteiger partial charge >= 0.3 is 0 Å². The summed E-state index contributed by atoms with van der Waals surface area (Å²) in [6, 6.07) is 8.55. The number of hydrogen-bond donors (Lipinski definition) is 1. The Kier molecular flexibility index (Phi) is 6.09. The van der Waals surface area contributed by atoms with Crippen LogP contribution >= 0.6 is 35.4 Å². The highest BCUT2D eigenvalue weighted by atomic mass is 35.5. The summed E-state index contributed by atoms with van der Waals surface area (Å²) in [6.45, 7) is 4.83. The van der Waals surface area contributed by atoms with E-state index in [1.54, 1.807) is 41.3 Å².